The van der Waals surface area contributed by atoms with Gasteiger partial charge in [0.25, 0.3) is 0 Å². The van der Waals surface area contributed by atoms with Gasteiger partial charge >= 0.3 is 11.9 Å². The number of anilines is 1. The second kappa shape index (κ2) is 7.34. The molecule has 0 aliphatic carbocycles. The average molecular weight is 396 g/mol. The summed E-state index contributed by atoms with van der Waals surface area (Å²) in [5.74, 6) is -2.25. The molecule has 7 heteroatoms. The Morgan fingerprint density at radius 3 is 2.74 bits per heavy atom. The van der Waals surface area contributed by atoms with Crippen molar-refractivity contribution in [2.75, 3.05) is 11.9 Å². The van der Waals surface area contributed by atoms with Crippen LogP contribution in [0.25, 0.3) is 0 Å². The third-order valence-electron chi connectivity index (χ3n) is 2.03. The molecule has 0 bridgehead atoms. The normalized spacial score (nSPS) is 11.0. The first kappa shape index (κ1) is 15.8. The molecule has 5 nitrogen and oxygen atoms in total. The van der Waals surface area contributed by atoms with Gasteiger partial charge in [0.2, 0.25) is 0 Å². The Kier molecular flexibility index (Phi) is 6.10. The Hall–Kier alpha value is -1.28. The molecule has 0 heterocycles. The summed E-state index contributed by atoms with van der Waals surface area (Å²) in [4.78, 5) is 22.3. The molecule has 1 aromatic rings. The Bertz CT molecular complexity index is 530. The van der Waals surface area contributed by atoms with E-state index in [1.165, 1.54) is 0 Å². The van der Waals surface area contributed by atoms with E-state index in [1.807, 2.05) is 0 Å². The predicted octanol–water partition coefficient (Wildman–Crippen LogP) is 2.89. The number of carboxylic acid groups (broad SMARTS) is 1. The molecule has 0 unspecified atom stereocenters. The van der Waals surface area contributed by atoms with E-state index in [0.29, 0.717) is 10.7 Å². The SMILES string of the molecule is CCOC(=O)/C(=C\Nc1ccc(I)c(Cl)c1)C(=O)O. The summed E-state index contributed by atoms with van der Waals surface area (Å²) in [5.41, 5.74) is 0.102. The van der Waals surface area contributed by atoms with Gasteiger partial charge in [0.15, 0.2) is 5.57 Å². The molecular formula is C12H11ClINO4. The van der Waals surface area contributed by atoms with Gasteiger partial charge in [-0.2, -0.15) is 0 Å². The largest absolute Gasteiger partial charge is 0.477 e. The van der Waals surface area contributed by atoms with Crippen LogP contribution in [-0.2, 0) is 14.3 Å². The molecule has 0 fully saturated rings. The minimum atomic E-state index is -1.36. The first-order valence-electron chi connectivity index (χ1n) is 5.28. The molecule has 0 spiro atoms. The van der Waals surface area contributed by atoms with Gasteiger partial charge in [-0.15, -0.1) is 0 Å². The highest BCUT2D eigenvalue weighted by atomic mass is 127. The van der Waals surface area contributed by atoms with Gasteiger partial charge in [0.05, 0.1) is 11.6 Å². The number of aliphatic carboxylic acids is 1. The highest BCUT2D eigenvalue weighted by Gasteiger charge is 2.18. The van der Waals surface area contributed by atoms with Crippen molar-refractivity contribution in [3.63, 3.8) is 0 Å². The average Bonchev–Trinajstić information content (AvgIpc) is 2.33. The quantitative estimate of drug-likeness (QED) is 0.264. The van der Waals surface area contributed by atoms with Crippen molar-refractivity contribution in [2.24, 2.45) is 0 Å². The highest BCUT2D eigenvalue weighted by molar-refractivity contribution is 14.1. The molecule has 0 saturated carbocycles. The summed E-state index contributed by atoms with van der Waals surface area (Å²) >= 11 is 8.00. The zero-order chi connectivity index (χ0) is 14.4. The molecule has 0 saturated heterocycles. The Morgan fingerprint density at radius 1 is 1.53 bits per heavy atom. The number of carbonyl (C=O) groups is 2. The molecule has 1 aromatic carbocycles. The monoisotopic (exact) mass is 395 g/mol. The van der Waals surface area contributed by atoms with Crippen molar-refractivity contribution >= 4 is 51.8 Å². The van der Waals surface area contributed by atoms with Gasteiger partial charge < -0.3 is 15.2 Å². The molecule has 0 radical (unpaired) electrons. The van der Waals surface area contributed by atoms with Crippen molar-refractivity contribution in [3.05, 3.63) is 38.6 Å². The summed E-state index contributed by atoms with van der Waals surface area (Å²) < 4.78 is 5.51. The molecular weight excluding hydrogens is 384 g/mol. The lowest BCUT2D eigenvalue weighted by Gasteiger charge is -2.05. The number of hydrogen-bond acceptors (Lipinski definition) is 4. The Morgan fingerprint density at radius 2 is 2.21 bits per heavy atom. The van der Waals surface area contributed by atoms with Crippen molar-refractivity contribution < 1.29 is 19.4 Å². The number of nitrogens with one attached hydrogen (secondary N) is 1. The first-order valence-corrected chi connectivity index (χ1v) is 6.73. The number of esters is 1. The number of benzene rings is 1. The summed E-state index contributed by atoms with van der Waals surface area (Å²) in [7, 11) is 0. The van der Waals surface area contributed by atoms with Gasteiger partial charge in [0, 0.05) is 15.5 Å². The van der Waals surface area contributed by atoms with Crippen LogP contribution in [0.5, 0.6) is 0 Å². The highest BCUT2D eigenvalue weighted by Crippen LogP contribution is 2.22. The van der Waals surface area contributed by atoms with Crippen LogP contribution in [0.3, 0.4) is 0 Å². The maximum Gasteiger partial charge on any atom is 0.347 e. The van der Waals surface area contributed by atoms with Crippen LogP contribution >= 0.6 is 34.2 Å². The van der Waals surface area contributed by atoms with E-state index >= 15 is 0 Å². The maximum absolute atomic E-state index is 11.4. The lowest BCUT2D eigenvalue weighted by Crippen LogP contribution is -2.16. The summed E-state index contributed by atoms with van der Waals surface area (Å²) in [6.07, 6.45) is 1.08. The molecule has 2 N–H and O–H groups in total. The Balaban J connectivity index is 2.89. The van der Waals surface area contributed by atoms with E-state index < -0.39 is 17.5 Å². The summed E-state index contributed by atoms with van der Waals surface area (Å²) in [5, 5.41) is 12.1. The molecule has 1 rings (SSSR count). The van der Waals surface area contributed by atoms with Crippen LogP contribution in [0.2, 0.25) is 5.02 Å². The topological polar surface area (TPSA) is 75.6 Å². The standard InChI is InChI=1S/C12H11ClINO4/c1-2-19-12(18)8(11(16)17)6-15-7-3-4-10(14)9(13)5-7/h3-6,15H,2H2,1H3,(H,16,17)/b8-6-. The molecule has 0 atom stereocenters. The molecule has 0 aliphatic heterocycles. The molecule has 0 aromatic heterocycles. The third kappa shape index (κ3) is 4.71. The Labute approximate surface area is 128 Å². The third-order valence-corrected chi connectivity index (χ3v) is 3.60. The first-order chi connectivity index (χ1) is 8.95. The minimum absolute atomic E-state index is 0.110. The van der Waals surface area contributed by atoms with Crippen molar-refractivity contribution in [1.29, 1.82) is 0 Å². The molecule has 102 valence electrons. The van der Waals surface area contributed by atoms with Gasteiger partial charge in [-0.25, -0.2) is 9.59 Å². The second-order valence-corrected chi connectivity index (χ2v) is 4.93. The van der Waals surface area contributed by atoms with E-state index in [4.69, 9.17) is 16.7 Å². The van der Waals surface area contributed by atoms with Crippen LogP contribution in [-0.4, -0.2) is 23.7 Å². The van der Waals surface area contributed by atoms with Crippen LogP contribution in [0.4, 0.5) is 5.69 Å². The zero-order valence-corrected chi connectivity index (χ0v) is 12.9. The number of hydrogen-bond donors (Lipinski definition) is 2. The smallest absolute Gasteiger partial charge is 0.347 e. The molecule has 19 heavy (non-hydrogen) atoms. The van der Waals surface area contributed by atoms with E-state index in [2.05, 4.69) is 32.6 Å². The number of halogens is 2. The fourth-order valence-corrected chi connectivity index (χ4v) is 1.67. The van der Waals surface area contributed by atoms with Gasteiger partial charge in [-0.05, 0) is 47.7 Å². The summed E-state index contributed by atoms with van der Waals surface area (Å²) in [6, 6.07) is 5.11. The lowest BCUT2D eigenvalue weighted by atomic mass is 10.3. The van der Waals surface area contributed by atoms with Crippen LogP contribution < -0.4 is 5.32 Å². The van der Waals surface area contributed by atoms with Crippen LogP contribution in [0.1, 0.15) is 6.92 Å². The number of ether oxygens (including phenoxy) is 1. The van der Waals surface area contributed by atoms with Crippen molar-refractivity contribution in [1.82, 2.24) is 0 Å². The lowest BCUT2D eigenvalue weighted by molar-refractivity contribution is -0.143. The second-order valence-electron chi connectivity index (χ2n) is 3.36. The molecule has 0 amide bonds. The van der Waals surface area contributed by atoms with Gasteiger partial charge in [0.1, 0.15) is 0 Å². The predicted molar refractivity (Wildman–Crippen MR) is 80.1 cm³/mol. The van der Waals surface area contributed by atoms with E-state index in [9.17, 15) is 9.59 Å². The zero-order valence-electron chi connectivity index (χ0n) is 9.94. The van der Waals surface area contributed by atoms with Crippen LogP contribution in [0, 0.1) is 3.57 Å². The number of rotatable bonds is 5. The number of carboxylic acids is 1. The number of carbonyl (C=O) groups excluding carboxylic acids is 1. The van der Waals surface area contributed by atoms with Crippen LogP contribution in [0.15, 0.2) is 30.0 Å². The summed E-state index contributed by atoms with van der Waals surface area (Å²) in [6.45, 7) is 1.71. The minimum Gasteiger partial charge on any atom is -0.477 e. The fraction of sp³-hybridized carbons (Fsp3) is 0.167. The van der Waals surface area contributed by atoms with Gasteiger partial charge in [-0.1, -0.05) is 11.6 Å². The maximum atomic E-state index is 11.4. The van der Waals surface area contributed by atoms with E-state index in [1.54, 1.807) is 25.1 Å². The van der Waals surface area contributed by atoms with Crippen molar-refractivity contribution in [2.45, 2.75) is 6.92 Å². The van der Waals surface area contributed by atoms with Crippen molar-refractivity contribution in [3.8, 4) is 0 Å². The van der Waals surface area contributed by atoms with E-state index in [0.717, 1.165) is 9.77 Å². The van der Waals surface area contributed by atoms with E-state index in [-0.39, 0.29) is 6.61 Å². The fourth-order valence-electron chi connectivity index (χ4n) is 1.16. The molecule has 0 aliphatic rings. The van der Waals surface area contributed by atoms with Gasteiger partial charge in [-0.3, -0.25) is 0 Å².